The lowest BCUT2D eigenvalue weighted by Gasteiger charge is -2.62. The van der Waals surface area contributed by atoms with Crippen LogP contribution in [-0.2, 0) is 14.3 Å². The van der Waals surface area contributed by atoms with Gasteiger partial charge in [0.2, 0.25) is 0 Å². The van der Waals surface area contributed by atoms with Gasteiger partial charge in [-0.1, -0.05) is 20.8 Å². The van der Waals surface area contributed by atoms with E-state index in [0.29, 0.717) is 29.1 Å². The van der Waals surface area contributed by atoms with Crippen molar-refractivity contribution in [2.45, 2.75) is 97.2 Å². The number of carboxylic acids is 1. The number of aliphatic carboxylic acids is 1. The molecule has 30 heavy (non-hydrogen) atoms. The third kappa shape index (κ3) is 3.18. The highest BCUT2D eigenvalue weighted by Crippen LogP contribution is 2.69. The summed E-state index contributed by atoms with van der Waals surface area (Å²) in [5.41, 5.74) is 0.883. The molecule has 1 heterocycles. The Bertz CT molecular complexity index is 670. The summed E-state index contributed by atoms with van der Waals surface area (Å²) in [7, 11) is 0. The van der Waals surface area contributed by atoms with Crippen LogP contribution in [0.25, 0.3) is 0 Å². The molecule has 0 aromatic rings. The van der Waals surface area contributed by atoms with E-state index >= 15 is 0 Å². The molecular formula is C26H42O4. The number of carboxylic acid groups (broad SMARTS) is 1. The maximum Gasteiger partial charge on any atom is 0.303 e. The fraction of sp³-hybridized carbons (Fsp3) is 0.962. The second-order valence-electron chi connectivity index (χ2n) is 12.1. The van der Waals surface area contributed by atoms with Crippen LogP contribution in [0, 0.1) is 46.3 Å². The van der Waals surface area contributed by atoms with Crippen molar-refractivity contribution >= 4 is 5.97 Å². The summed E-state index contributed by atoms with van der Waals surface area (Å²) in [4.78, 5) is 11.1. The van der Waals surface area contributed by atoms with E-state index in [4.69, 9.17) is 14.6 Å². The minimum absolute atomic E-state index is 0.252. The van der Waals surface area contributed by atoms with Gasteiger partial charge in [-0.25, -0.2) is 0 Å². The predicted octanol–water partition coefficient (Wildman–Crippen LogP) is 5.89. The Morgan fingerprint density at radius 3 is 2.43 bits per heavy atom. The summed E-state index contributed by atoms with van der Waals surface area (Å²) in [6.07, 6.45) is 12.8. The van der Waals surface area contributed by atoms with Crippen LogP contribution in [0.2, 0.25) is 0 Å². The van der Waals surface area contributed by atoms with Crippen molar-refractivity contribution in [3.05, 3.63) is 0 Å². The average Bonchev–Trinajstić information content (AvgIpc) is 3.31. The molecule has 1 saturated heterocycles. The minimum Gasteiger partial charge on any atom is -0.481 e. The average molecular weight is 419 g/mol. The summed E-state index contributed by atoms with van der Waals surface area (Å²) in [5, 5.41) is 9.15. The van der Waals surface area contributed by atoms with E-state index in [2.05, 4.69) is 20.8 Å². The van der Waals surface area contributed by atoms with Gasteiger partial charge in [-0.2, -0.15) is 0 Å². The van der Waals surface area contributed by atoms with Gasteiger partial charge in [-0.3, -0.25) is 4.79 Å². The number of rotatable bonds is 4. The fourth-order valence-corrected chi connectivity index (χ4v) is 9.48. The number of carbonyl (C=O) groups is 1. The van der Waals surface area contributed by atoms with Gasteiger partial charge in [0.15, 0.2) is 5.79 Å². The zero-order valence-corrected chi connectivity index (χ0v) is 19.3. The standard InChI is InChI=1S/C26H42O4/c1-17(4-9-23(27)28)20-7-8-21-19-6-5-18-16-26(29-14-15-30-26)13-12-24(18,2)22(19)10-11-25(20,21)3/h17-22H,4-16H2,1-3H3,(H,27,28)/t17?,18-,19+,20-,21+,22+,24+,25-/m1/s1. The Labute approximate surface area is 182 Å². The zero-order valence-electron chi connectivity index (χ0n) is 19.3. The molecule has 170 valence electrons. The van der Waals surface area contributed by atoms with Crippen molar-refractivity contribution < 1.29 is 19.4 Å². The Balaban J connectivity index is 1.32. The highest BCUT2D eigenvalue weighted by atomic mass is 16.7. The first-order valence-corrected chi connectivity index (χ1v) is 12.8. The lowest BCUT2D eigenvalue weighted by atomic mass is 9.44. The molecule has 0 aromatic carbocycles. The van der Waals surface area contributed by atoms with Gasteiger partial charge < -0.3 is 14.6 Å². The van der Waals surface area contributed by atoms with Crippen LogP contribution in [0.15, 0.2) is 0 Å². The van der Waals surface area contributed by atoms with E-state index in [1.165, 1.54) is 44.9 Å². The van der Waals surface area contributed by atoms with Crippen molar-refractivity contribution in [1.82, 2.24) is 0 Å². The quantitative estimate of drug-likeness (QED) is 0.618. The lowest BCUT2D eigenvalue weighted by Crippen LogP contribution is -2.56. The lowest BCUT2D eigenvalue weighted by molar-refractivity contribution is -0.229. The topological polar surface area (TPSA) is 55.8 Å². The molecule has 1 unspecified atom stereocenters. The number of hydrogen-bond donors (Lipinski definition) is 1. The van der Waals surface area contributed by atoms with Crippen LogP contribution in [0.3, 0.4) is 0 Å². The Hall–Kier alpha value is -0.610. The van der Waals surface area contributed by atoms with Gasteiger partial charge in [0.1, 0.15) is 0 Å². The largest absolute Gasteiger partial charge is 0.481 e. The normalized spacial score (nSPS) is 48.0. The van der Waals surface area contributed by atoms with E-state index in [1.54, 1.807) is 0 Å². The van der Waals surface area contributed by atoms with Crippen LogP contribution < -0.4 is 0 Å². The Kier molecular flexibility index (Phi) is 5.29. The first kappa shape index (κ1) is 21.2. The van der Waals surface area contributed by atoms with Crippen LogP contribution in [0.5, 0.6) is 0 Å². The van der Waals surface area contributed by atoms with E-state index in [-0.39, 0.29) is 5.79 Å². The van der Waals surface area contributed by atoms with E-state index in [0.717, 1.165) is 56.1 Å². The molecule has 5 rings (SSSR count). The summed E-state index contributed by atoms with van der Waals surface area (Å²) in [6, 6.07) is 0. The number of ether oxygens (including phenoxy) is 2. The van der Waals surface area contributed by atoms with E-state index < -0.39 is 5.97 Å². The molecule has 0 radical (unpaired) electrons. The summed E-state index contributed by atoms with van der Waals surface area (Å²) in [6.45, 7) is 9.07. The van der Waals surface area contributed by atoms with Gasteiger partial charge in [0.25, 0.3) is 0 Å². The number of fused-ring (bicyclic) bond motifs is 5. The van der Waals surface area contributed by atoms with Gasteiger partial charge in [-0.05, 0) is 97.7 Å². The molecule has 4 heteroatoms. The third-order valence-corrected chi connectivity index (χ3v) is 11.1. The van der Waals surface area contributed by atoms with Crippen molar-refractivity contribution in [3.8, 4) is 0 Å². The Morgan fingerprint density at radius 2 is 1.70 bits per heavy atom. The number of hydrogen-bond acceptors (Lipinski definition) is 3. The van der Waals surface area contributed by atoms with Gasteiger partial charge >= 0.3 is 5.97 Å². The SMILES string of the molecule is CC(CCC(=O)O)[C@H]1CC[C@H]2[C@@H]3CC[C@@H]4CC5(CC[C@]4(C)[C@H]3CC[C@]12C)OCCO5. The molecule has 5 aliphatic rings. The monoisotopic (exact) mass is 418 g/mol. The molecule has 4 nitrogen and oxygen atoms in total. The predicted molar refractivity (Wildman–Crippen MR) is 116 cm³/mol. The smallest absolute Gasteiger partial charge is 0.303 e. The summed E-state index contributed by atoms with van der Waals surface area (Å²) in [5.74, 6) is 3.69. The molecule has 0 amide bonds. The first-order chi connectivity index (χ1) is 14.3. The van der Waals surface area contributed by atoms with Gasteiger partial charge in [0.05, 0.1) is 13.2 Å². The molecule has 4 aliphatic carbocycles. The molecule has 1 N–H and O–H groups in total. The van der Waals surface area contributed by atoms with Gasteiger partial charge in [0, 0.05) is 19.3 Å². The summed E-state index contributed by atoms with van der Waals surface area (Å²) < 4.78 is 12.2. The molecular weight excluding hydrogens is 376 g/mol. The highest BCUT2D eigenvalue weighted by Gasteiger charge is 2.62. The molecule has 0 aromatic heterocycles. The summed E-state index contributed by atoms with van der Waals surface area (Å²) >= 11 is 0. The van der Waals surface area contributed by atoms with Crippen LogP contribution in [-0.4, -0.2) is 30.1 Å². The van der Waals surface area contributed by atoms with E-state index in [9.17, 15) is 4.79 Å². The second kappa shape index (κ2) is 7.47. The molecule has 4 saturated carbocycles. The maximum atomic E-state index is 11.1. The van der Waals surface area contributed by atoms with Crippen LogP contribution >= 0.6 is 0 Å². The molecule has 0 bridgehead atoms. The maximum absolute atomic E-state index is 11.1. The highest BCUT2D eigenvalue weighted by molar-refractivity contribution is 5.66. The Morgan fingerprint density at radius 1 is 0.967 bits per heavy atom. The van der Waals surface area contributed by atoms with E-state index in [1.807, 2.05) is 0 Å². The minimum atomic E-state index is -0.637. The van der Waals surface area contributed by atoms with Crippen LogP contribution in [0.1, 0.15) is 91.4 Å². The molecule has 5 fully saturated rings. The van der Waals surface area contributed by atoms with Gasteiger partial charge in [-0.15, -0.1) is 0 Å². The molecule has 1 spiro atoms. The van der Waals surface area contributed by atoms with Crippen LogP contribution in [0.4, 0.5) is 0 Å². The van der Waals surface area contributed by atoms with Crippen molar-refractivity contribution in [3.63, 3.8) is 0 Å². The van der Waals surface area contributed by atoms with Crippen molar-refractivity contribution in [2.24, 2.45) is 46.3 Å². The molecule has 8 atom stereocenters. The van der Waals surface area contributed by atoms with Crippen molar-refractivity contribution in [2.75, 3.05) is 13.2 Å². The third-order valence-electron chi connectivity index (χ3n) is 11.1. The fourth-order valence-electron chi connectivity index (χ4n) is 9.48. The second-order valence-corrected chi connectivity index (χ2v) is 12.1. The first-order valence-electron chi connectivity index (χ1n) is 12.8. The van der Waals surface area contributed by atoms with Crippen molar-refractivity contribution in [1.29, 1.82) is 0 Å². The zero-order chi connectivity index (χ0) is 21.1. The molecule has 1 aliphatic heterocycles.